The molecule has 0 aliphatic rings. The van der Waals surface area contributed by atoms with E-state index in [9.17, 15) is 9.18 Å². The Balaban J connectivity index is 2.14. The number of carbonyl (C=O) groups excluding carboxylic acids is 1. The summed E-state index contributed by atoms with van der Waals surface area (Å²) in [6, 6.07) is 11.9. The number of benzene rings is 2. The van der Waals surface area contributed by atoms with Crippen LogP contribution in [0.4, 0.5) is 10.1 Å². The molecule has 0 aliphatic heterocycles. The Morgan fingerprint density at radius 3 is 2.76 bits per heavy atom. The summed E-state index contributed by atoms with van der Waals surface area (Å²) >= 11 is 8.77. The standard InChI is InChI=1S/C16H14BrClFNO/c17-15-13(7-2-8-14(15)19)16(21)20-12-6-1-4-11(10-12)5-3-9-18/h1-2,4,6-8,10H,3,5,9H2,(H,20,21). The van der Waals surface area contributed by atoms with Crippen molar-refractivity contribution in [2.24, 2.45) is 0 Å². The van der Waals surface area contributed by atoms with E-state index in [-0.39, 0.29) is 15.9 Å². The molecule has 0 fully saturated rings. The molecule has 0 atom stereocenters. The molecular formula is C16H14BrClFNO. The molecule has 110 valence electrons. The summed E-state index contributed by atoms with van der Waals surface area (Å²) in [6.07, 6.45) is 1.74. The fourth-order valence-electron chi connectivity index (χ4n) is 1.95. The molecule has 5 heteroatoms. The number of nitrogens with one attached hydrogen (secondary N) is 1. The minimum atomic E-state index is -0.460. The third-order valence-corrected chi connectivity index (χ3v) is 4.05. The minimum absolute atomic E-state index is 0.167. The van der Waals surface area contributed by atoms with Crippen LogP contribution in [0.1, 0.15) is 22.3 Å². The Labute approximate surface area is 136 Å². The number of aryl methyl sites for hydroxylation is 1. The third kappa shape index (κ3) is 4.29. The summed E-state index contributed by atoms with van der Waals surface area (Å²) in [6.45, 7) is 0. The molecule has 1 N–H and O–H groups in total. The second-order valence-corrected chi connectivity index (χ2v) is 5.72. The summed E-state index contributed by atoms with van der Waals surface area (Å²) in [5.74, 6) is -0.207. The Morgan fingerprint density at radius 2 is 2.00 bits per heavy atom. The van der Waals surface area contributed by atoms with Crippen LogP contribution in [0.15, 0.2) is 46.9 Å². The van der Waals surface area contributed by atoms with Crippen LogP contribution < -0.4 is 5.32 Å². The van der Waals surface area contributed by atoms with E-state index in [0.717, 1.165) is 18.4 Å². The number of amides is 1. The molecule has 0 aliphatic carbocycles. The van der Waals surface area contributed by atoms with Crippen molar-refractivity contribution in [2.75, 3.05) is 11.2 Å². The highest BCUT2D eigenvalue weighted by atomic mass is 79.9. The van der Waals surface area contributed by atoms with Gasteiger partial charge < -0.3 is 5.32 Å². The summed E-state index contributed by atoms with van der Waals surface area (Å²) in [4.78, 5) is 12.2. The molecule has 2 aromatic rings. The second-order valence-electron chi connectivity index (χ2n) is 4.55. The first kappa shape index (κ1) is 16.0. The van der Waals surface area contributed by atoms with E-state index in [1.165, 1.54) is 12.1 Å². The fourth-order valence-corrected chi connectivity index (χ4v) is 2.53. The third-order valence-electron chi connectivity index (χ3n) is 2.98. The molecular weight excluding hydrogens is 357 g/mol. The molecule has 0 saturated heterocycles. The van der Waals surface area contributed by atoms with Gasteiger partial charge in [-0.15, -0.1) is 11.6 Å². The molecule has 0 radical (unpaired) electrons. The van der Waals surface area contributed by atoms with E-state index in [1.807, 2.05) is 18.2 Å². The van der Waals surface area contributed by atoms with Gasteiger partial charge in [0, 0.05) is 11.6 Å². The maximum absolute atomic E-state index is 13.4. The number of hydrogen-bond donors (Lipinski definition) is 1. The van der Waals surface area contributed by atoms with Gasteiger partial charge in [0.2, 0.25) is 0 Å². The number of hydrogen-bond acceptors (Lipinski definition) is 1. The number of alkyl halides is 1. The SMILES string of the molecule is O=C(Nc1cccc(CCCCl)c1)c1cccc(F)c1Br. The zero-order valence-electron chi connectivity index (χ0n) is 11.2. The van der Waals surface area contributed by atoms with Crippen molar-refractivity contribution in [1.29, 1.82) is 0 Å². The Bertz CT molecular complexity index is 648. The van der Waals surface area contributed by atoms with Crippen molar-refractivity contribution >= 4 is 39.1 Å². The van der Waals surface area contributed by atoms with E-state index in [1.54, 1.807) is 12.1 Å². The van der Waals surface area contributed by atoms with Crippen LogP contribution in [0.25, 0.3) is 0 Å². The average molecular weight is 371 g/mol. The zero-order valence-corrected chi connectivity index (χ0v) is 13.5. The lowest BCUT2D eigenvalue weighted by Crippen LogP contribution is -2.13. The van der Waals surface area contributed by atoms with Gasteiger partial charge in [-0.2, -0.15) is 0 Å². The van der Waals surface area contributed by atoms with Crippen molar-refractivity contribution in [1.82, 2.24) is 0 Å². The Kier molecular flexibility index (Phi) is 5.76. The van der Waals surface area contributed by atoms with Crippen molar-refractivity contribution in [3.05, 3.63) is 63.9 Å². The molecule has 0 saturated carbocycles. The lowest BCUT2D eigenvalue weighted by molar-refractivity contribution is 0.102. The lowest BCUT2D eigenvalue weighted by Gasteiger charge is -2.09. The topological polar surface area (TPSA) is 29.1 Å². The van der Waals surface area contributed by atoms with Gasteiger partial charge in [-0.3, -0.25) is 4.79 Å². The van der Waals surface area contributed by atoms with Gasteiger partial charge in [0.25, 0.3) is 5.91 Å². The summed E-state index contributed by atoms with van der Waals surface area (Å²) in [5.41, 5.74) is 2.05. The van der Waals surface area contributed by atoms with Crippen LogP contribution in [0.2, 0.25) is 0 Å². The van der Waals surface area contributed by atoms with Gasteiger partial charge in [-0.05, 0) is 58.6 Å². The molecule has 2 rings (SSSR count). The fraction of sp³-hybridized carbons (Fsp3) is 0.188. The van der Waals surface area contributed by atoms with Gasteiger partial charge in [-0.1, -0.05) is 18.2 Å². The maximum atomic E-state index is 13.4. The predicted octanol–water partition coefficient (Wildman–Crippen LogP) is 5.01. The first-order chi connectivity index (χ1) is 10.1. The molecule has 0 unspecified atom stereocenters. The highest BCUT2D eigenvalue weighted by Gasteiger charge is 2.13. The first-order valence-electron chi connectivity index (χ1n) is 6.52. The number of anilines is 1. The van der Waals surface area contributed by atoms with Crippen molar-refractivity contribution in [2.45, 2.75) is 12.8 Å². The van der Waals surface area contributed by atoms with Crippen molar-refractivity contribution < 1.29 is 9.18 Å². The second kappa shape index (κ2) is 7.57. The molecule has 2 nitrogen and oxygen atoms in total. The van der Waals surface area contributed by atoms with Crippen LogP contribution in [0.5, 0.6) is 0 Å². The van der Waals surface area contributed by atoms with Gasteiger partial charge in [0.1, 0.15) is 5.82 Å². The van der Waals surface area contributed by atoms with E-state index >= 15 is 0 Å². The maximum Gasteiger partial charge on any atom is 0.256 e. The molecule has 0 bridgehead atoms. The number of rotatable bonds is 5. The molecule has 0 spiro atoms. The average Bonchev–Trinajstić information content (AvgIpc) is 2.48. The monoisotopic (exact) mass is 369 g/mol. The highest BCUT2D eigenvalue weighted by Crippen LogP contribution is 2.22. The predicted molar refractivity (Wildman–Crippen MR) is 87.5 cm³/mol. The van der Waals surface area contributed by atoms with E-state index in [0.29, 0.717) is 11.6 Å². The van der Waals surface area contributed by atoms with Gasteiger partial charge in [0.15, 0.2) is 0 Å². The summed E-state index contributed by atoms with van der Waals surface area (Å²) < 4.78 is 13.6. The highest BCUT2D eigenvalue weighted by molar-refractivity contribution is 9.10. The first-order valence-corrected chi connectivity index (χ1v) is 7.85. The Morgan fingerprint density at radius 1 is 1.24 bits per heavy atom. The van der Waals surface area contributed by atoms with E-state index < -0.39 is 5.82 Å². The molecule has 2 aromatic carbocycles. The molecule has 0 heterocycles. The molecule has 21 heavy (non-hydrogen) atoms. The van der Waals surface area contributed by atoms with Gasteiger partial charge >= 0.3 is 0 Å². The molecule has 0 aromatic heterocycles. The number of carbonyl (C=O) groups is 1. The van der Waals surface area contributed by atoms with Crippen molar-refractivity contribution in [3.8, 4) is 0 Å². The Hall–Kier alpha value is -1.39. The zero-order chi connectivity index (χ0) is 15.2. The smallest absolute Gasteiger partial charge is 0.256 e. The summed E-state index contributed by atoms with van der Waals surface area (Å²) in [7, 11) is 0. The van der Waals surface area contributed by atoms with Crippen LogP contribution in [-0.4, -0.2) is 11.8 Å². The normalized spacial score (nSPS) is 10.4. The van der Waals surface area contributed by atoms with Crippen LogP contribution in [0.3, 0.4) is 0 Å². The van der Waals surface area contributed by atoms with Gasteiger partial charge in [-0.25, -0.2) is 4.39 Å². The largest absolute Gasteiger partial charge is 0.322 e. The summed E-state index contributed by atoms with van der Waals surface area (Å²) in [5, 5.41) is 2.77. The van der Waals surface area contributed by atoms with E-state index in [2.05, 4.69) is 21.2 Å². The minimum Gasteiger partial charge on any atom is -0.322 e. The van der Waals surface area contributed by atoms with Crippen LogP contribution in [-0.2, 0) is 6.42 Å². The quantitative estimate of drug-likeness (QED) is 0.736. The number of halogens is 3. The van der Waals surface area contributed by atoms with Crippen LogP contribution in [0, 0.1) is 5.82 Å². The van der Waals surface area contributed by atoms with Crippen molar-refractivity contribution in [3.63, 3.8) is 0 Å². The lowest BCUT2D eigenvalue weighted by atomic mass is 10.1. The van der Waals surface area contributed by atoms with Gasteiger partial charge in [0.05, 0.1) is 10.0 Å². The van der Waals surface area contributed by atoms with Crippen LogP contribution >= 0.6 is 27.5 Å². The molecule has 1 amide bonds. The van der Waals surface area contributed by atoms with E-state index in [4.69, 9.17) is 11.6 Å².